The summed E-state index contributed by atoms with van der Waals surface area (Å²) < 4.78 is 39.8. The van der Waals surface area contributed by atoms with Crippen LogP contribution in [0.4, 0.5) is 19.0 Å². The Morgan fingerprint density at radius 3 is 2.79 bits per heavy atom. The van der Waals surface area contributed by atoms with Crippen LogP contribution in [-0.4, -0.2) is 21.9 Å². The highest BCUT2D eigenvalue weighted by molar-refractivity contribution is 5.94. The first kappa shape index (κ1) is 16.5. The molecule has 1 atom stereocenters. The van der Waals surface area contributed by atoms with Gasteiger partial charge in [0.1, 0.15) is 0 Å². The molecule has 2 heterocycles. The highest BCUT2D eigenvalue weighted by Crippen LogP contribution is 2.39. The zero-order valence-electron chi connectivity index (χ0n) is 13.4. The maximum Gasteiger partial charge on any atom is 0.393 e. The van der Waals surface area contributed by atoms with E-state index in [1.807, 2.05) is 13.8 Å². The van der Waals surface area contributed by atoms with Crippen LogP contribution < -0.4 is 5.32 Å². The normalized spacial score (nSPS) is 17.5. The number of nitrogens with one attached hydrogen (secondary N) is 1. The Labute approximate surface area is 137 Å². The average molecular weight is 337 g/mol. The molecule has 1 unspecified atom stereocenters. The maximum atomic E-state index is 12.7. The highest BCUT2D eigenvalue weighted by Gasteiger charge is 2.32. The van der Waals surface area contributed by atoms with E-state index in [2.05, 4.69) is 10.4 Å². The number of hydrogen-bond donors (Lipinski definition) is 1. The highest BCUT2D eigenvalue weighted by atomic mass is 19.4. The minimum absolute atomic E-state index is 0.172. The fraction of sp³-hybridized carbons (Fsp3) is 0.412. The molecule has 1 amide bonds. The Morgan fingerprint density at radius 1 is 1.38 bits per heavy atom. The zero-order chi connectivity index (χ0) is 17.5. The second-order valence-corrected chi connectivity index (χ2v) is 6.01. The number of rotatable bonds is 3. The van der Waals surface area contributed by atoms with E-state index in [-0.39, 0.29) is 23.8 Å². The number of hydrogen-bond acceptors (Lipinski definition) is 2. The number of alkyl halides is 3. The van der Waals surface area contributed by atoms with Crippen molar-refractivity contribution in [3.05, 3.63) is 46.6 Å². The van der Waals surface area contributed by atoms with Gasteiger partial charge in [0.25, 0.3) is 0 Å². The smallest absolute Gasteiger partial charge is 0.309 e. The lowest BCUT2D eigenvalue weighted by molar-refractivity contribution is -0.127. The molecular formula is C17H18F3N3O. The van der Waals surface area contributed by atoms with Crippen LogP contribution in [0.3, 0.4) is 0 Å². The molecule has 0 fully saturated rings. The van der Waals surface area contributed by atoms with Crippen LogP contribution in [0.15, 0.2) is 24.3 Å². The van der Waals surface area contributed by atoms with Gasteiger partial charge in [0.2, 0.25) is 5.91 Å². The van der Waals surface area contributed by atoms with Gasteiger partial charge in [-0.25, -0.2) is 0 Å². The van der Waals surface area contributed by atoms with Gasteiger partial charge in [0, 0.05) is 30.1 Å². The zero-order valence-corrected chi connectivity index (χ0v) is 13.4. The number of anilines is 1. The summed E-state index contributed by atoms with van der Waals surface area (Å²) in [6.07, 6.45) is -5.02. The number of carbonyl (C=O) groups is 1. The summed E-state index contributed by atoms with van der Waals surface area (Å²) in [4.78, 5) is 12.0. The van der Waals surface area contributed by atoms with Gasteiger partial charge < -0.3 is 5.32 Å². The van der Waals surface area contributed by atoms with Crippen LogP contribution in [0.1, 0.15) is 41.6 Å². The van der Waals surface area contributed by atoms with Crippen LogP contribution in [-0.2, 0) is 17.8 Å². The van der Waals surface area contributed by atoms with Crippen LogP contribution in [0.2, 0.25) is 0 Å². The van der Waals surface area contributed by atoms with Gasteiger partial charge in [-0.15, -0.1) is 0 Å². The number of carbonyl (C=O) groups excluding carboxylic acids is 1. The predicted molar refractivity (Wildman–Crippen MR) is 83.9 cm³/mol. The van der Waals surface area contributed by atoms with Crippen molar-refractivity contribution in [3.63, 3.8) is 0 Å². The molecule has 1 aliphatic rings. The summed E-state index contributed by atoms with van der Waals surface area (Å²) in [5, 5.41) is 7.14. The first-order valence-corrected chi connectivity index (χ1v) is 7.81. The largest absolute Gasteiger partial charge is 0.393 e. The summed E-state index contributed by atoms with van der Waals surface area (Å²) in [7, 11) is 0. The van der Waals surface area contributed by atoms with Crippen molar-refractivity contribution in [1.82, 2.24) is 9.78 Å². The van der Waals surface area contributed by atoms with Crippen molar-refractivity contribution >= 4 is 11.7 Å². The standard InChI is InChI=1S/C17H18F3N3O/c1-3-23-10(2)15-13(8-14(24)21-16(15)22-23)12-6-4-5-11(7-12)9-17(18,19)20/h4-7,13H,3,8-9H2,1-2H3,(H,21,22,24). The molecule has 128 valence electrons. The molecule has 0 bridgehead atoms. The SMILES string of the molecule is CCn1nc2c(c1C)C(c1cccc(CC(F)(F)F)c1)CC(=O)N2. The van der Waals surface area contributed by atoms with Crippen LogP contribution in [0, 0.1) is 6.92 Å². The third-order valence-corrected chi connectivity index (χ3v) is 4.31. The molecule has 0 aliphatic carbocycles. The van der Waals surface area contributed by atoms with E-state index in [0.717, 1.165) is 11.3 Å². The van der Waals surface area contributed by atoms with Gasteiger partial charge >= 0.3 is 6.18 Å². The van der Waals surface area contributed by atoms with Crippen molar-refractivity contribution in [2.45, 2.75) is 45.3 Å². The Morgan fingerprint density at radius 2 is 2.12 bits per heavy atom. The fourth-order valence-electron chi connectivity index (χ4n) is 3.28. The third kappa shape index (κ3) is 3.16. The lowest BCUT2D eigenvalue weighted by atomic mass is 9.85. The second kappa shape index (κ2) is 5.96. The molecular weight excluding hydrogens is 319 g/mol. The molecule has 1 aromatic carbocycles. The summed E-state index contributed by atoms with van der Waals surface area (Å²) in [5.41, 5.74) is 2.74. The molecule has 1 aromatic heterocycles. The second-order valence-electron chi connectivity index (χ2n) is 6.01. The number of nitrogens with zero attached hydrogens (tertiary/aromatic N) is 2. The van der Waals surface area contributed by atoms with E-state index in [0.29, 0.717) is 17.9 Å². The quantitative estimate of drug-likeness (QED) is 0.926. The first-order chi connectivity index (χ1) is 11.3. The van der Waals surface area contributed by atoms with Crippen molar-refractivity contribution in [1.29, 1.82) is 0 Å². The lowest BCUT2D eigenvalue weighted by Crippen LogP contribution is -2.23. The molecule has 0 spiro atoms. The molecule has 0 saturated carbocycles. The topological polar surface area (TPSA) is 46.9 Å². The third-order valence-electron chi connectivity index (χ3n) is 4.31. The summed E-state index contributed by atoms with van der Waals surface area (Å²) in [6, 6.07) is 6.39. The van der Waals surface area contributed by atoms with Gasteiger partial charge in [-0.2, -0.15) is 18.3 Å². The Bertz CT molecular complexity index is 780. The number of aryl methyl sites for hydroxylation is 1. The van der Waals surface area contributed by atoms with Gasteiger partial charge in [0.05, 0.1) is 6.42 Å². The van der Waals surface area contributed by atoms with Crippen molar-refractivity contribution in [2.75, 3.05) is 5.32 Å². The average Bonchev–Trinajstić information content (AvgIpc) is 2.81. The summed E-state index contributed by atoms with van der Waals surface area (Å²) in [6.45, 7) is 4.53. The molecule has 3 rings (SSSR count). The molecule has 24 heavy (non-hydrogen) atoms. The Balaban J connectivity index is 2.03. The van der Waals surface area contributed by atoms with Gasteiger partial charge in [-0.05, 0) is 25.0 Å². The van der Waals surface area contributed by atoms with E-state index in [1.54, 1.807) is 22.9 Å². The molecule has 1 N–H and O–H groups in total. The maximum absolute atomic E-state index is 12.7. The van der Waals surface area contributed by atoms with E-state index < -0.39 is 12.6 Å². The number of amides is 1. The molecule has 0 saturated heterocycles. The number of aromatic nitrogens is 2. The molecule has 2 aromatic rings. The van der Waals surface area contributed by atoms with E-state index in [4.69, 9.17) is 0 Å². The number of benzene rings is 1. The molecule has 0 radical (unpaired) electrons. The van der Waals surface area contributed by atoms with E-state index in [1.165, 1.54) is 6.07 Å². The van der Waals surface area contributed by atoms with Crippen molar-refractivity contribution in [3.8, 4) is 0 Å². The van der Waals surface area contributed by atoms with Gasteiger partial charge in [-0.3, -0.25) is 9.48 Å². The summed E-state index contributed by atoms with van der Waals surface area (Å²) in [5.74, 6) is 0.0635. The number of fused-ring (bicyclic) bond motifs is 1. The van der Waals surface area contributed by atoms with Gasteiger partial charge in [0.15, 0.2) is 5.82 Å². The molecule has 4 nitrogen and oxygen atoms in total. The van der Waals surface area contributed by atoms with Crippen LogP contribution >= 0.6 is 0 Å². The number of halogens is 3. The lowest BCUT2D eigenvalue weighted by Gasteiger charge is -2.23. The molecule has 1 aliphatic heterocycles. The fourth-order valence-corrected chi connectivity index (χ4v) is 3.28. The Hall–Kier alpha value is -2.31. The van der Waals surface area contributed by atoms with Crippen molar-refractivity contribution < 1.29 is 18.0 Å². The van der Waals surface area contributed by atoms with E-state index >= 15 is 0 Å². The minimum atomic E-state index is -4.25. The Kier molecular flexibility index (Phi) is 4.11. The molecule has 7 heteroatoms. The van der Waals surface area contributed by atoms with Crippen LogP contribution in [0.25, 0.3) is 0 Å². The minimum Gasteiger partial charge on any atom is -0.309 e. The summed E-state index contributed by atoms with van der Waals surface area (Å²) >= 11 is 0. The van der Waals surface area contributed by atoms with Crippen molar-refractivity contribution in [2.24, 2.45) is 0 Å². The van der Waals surface area contributed by atoms with Crippen LogP contribution in [0.5, 0.6) is 0 Å². The van der Waals surface area contributed by atoms with E-state index in [9.17, 15) is 18.0 Å². The monoisotopic (exact) mass is 337 g/mol. The first-order valence-electron chi connectivity index (χ1n) is 7.81. The predicted octanol–water partition coefficient (Wildman–Crippen LogP) is 3.79. The van der Waals surface area contributed by atoms with Gasteiger partial charge in [-0.1, -0.05) is 24.3 Å².